The summed E-state index contributed by atoms with van der Waals surface area (Å²) in [5.41, 5.74) is 3.92. The number of hydrogen-bond donors (Lipinski definition) is 2. The van der Waals surface area contributed by atoms with Crippen LogP contribution >= 0.6 is 0 Å². The molecule has 1 heterocycles. The Morgan fingerprint density at radius 2 is 1.80 bits per heavy atom. The molecule has 108 valence electrons. The molecule has 2 aromatic rings. The summed E-state index contributed by atoms with van der Waals surface area (Å²) in [5, 5.41) is 10.5. The molecule has 0 spiro atoms. The van der Waals surface area contributed by atoms with Crippen LogP contribution in [0.1, 0.15) is 29.9 Å². The maximum Gasteiger partial charge on any atom is 0.175 e. The van der Waals surface area contributed by atoms with E-state index in [9.17, 15) is 8.42 Å². The Hall–Kier alpha value is -1.82. The molecule has 0 amide bonds. The molecule has 0 radical (unpaired) electrons. The fourth-order valence-electron chi connectivity index (χ4n) is 2.07. The summed E-state index contributed by atoms with van der Waals surface area (Å²) in [6.45, 7) is 5.93. The zero-order chi connectivity index (χ0) is 14.9. The van der Waals surface area contributed by atoms with E-state index < -0.39 is 9.84 Å². The lowest BCUT2D eigenvalue weighted by Crippen LogP contribution is -2.08. The monoisotopic (exact) mass is 293 g/mol. The van der Waals surface area contributed by atoms with E-state index in [0.717, 1.165) is 22.6 Å². The van der Waals surface area contributed by atoms with E-state index in [1.807, 2.05) is 32.9 Å². The third-order valence-electron chi connectivity index (χ3n) is 3.30. The van der Waals surface area contributed by atoms with Crippen LogP contribution in [0.5, 0.6) is 0 Å². The van der Waals surface area contributed by atoms with Crippen molar-refractivity contribution in [2.24, 2.45) is 0 Å². The summed E-state index contributed by atoms with van der Waals surface area (Å²) in [6, 6.07) is 7.01. The molecule has 1 unspecified atom stereocenters. The first-order valence-electron chi connectivity index (χ1n) is 6.37. The number of aromatic nitrogens is 2. The Labute approximate surface area is 119 Å². The highest BCUT2D eigenvalue weighted by Gasteiger charge is 2.12. The first-order valence-corrected chi connectivity index (χ1v) is 8.26. The first-order chi connectivity index (χ1) is 9.29. The topological polar surface area (TPSA) is 74.8 Å². The van der Waals surface area contributed by atoms with Crippen LogP contribution in [0.25, 0.3) is 0 Å². The van der Waals surface area contributed by atoms with Gasteiger partial charge in [0.25, 0.3) is 0 Å². The molecule has 0 aliphatic carbocycles. The molecule has 1 atom stereocenters. The molecule has 6 heteroatoms. The Bertz CT molecular complexity index is 683. The van der Waals surface area contributed by atoms with Crippen molar-refractivity contribution >= 4 is 15.5 Å². The van der Waals surface area contributed by atoms with Gasteiger partial charge in [0.2, 0.25) is 0 Å². The highest BCUT2D eigenvalue weighted by Crippen LogP contribution is 2.24. The van der Waals surface area contributed by atoms with Crippen LogP contribution < -0.4 is 5.32 Å². The van der Waals surface area contributed by atoms with Gasteiger partial charge < -0.3 is 5.32 Å². The number of anilines is 1. The van der Waals surface area contributed by atoms with Crippen molar-refractivity contribution in [3.05, 3.63) is 41.2 Å². The van der Waals surface area contributed by atoms with Crippen LogP contribution in [0.3, 0.4) is 0 Å². The maximum absolute atomic E-state index is 11.4. The van der Waals surface area contributed by atoms with E-state index >= 15 is 0 Å². The fraction of sp³-hybridized carbons (Fsp3) is 0.357. The standard InChI is InChI=1S/C14H19N3O2S/c1-9(15-14-10(2)16-17-11(14)3)12-5-7-13(8-6-12)20(4,18)19/h5-9,15H,1-4H3,(H,16,17). The Balaban J connectivity index is 2.20. The molecule has 0 aliphatic heterocycles. The molecule has 1 aromatic heterocycles. The van der Waals surface area contributed by atoms with Crippen LogP contribution in [-0.4, -0.2) is 24.9 Å². The molecule has 5 nitrogen and oxygen atoms in total. The molecule has 0 bridgehead atoms. The number of H-pyrrole nitrogens is 1. The van der Waals surface area contributed by atoms with Crippen LogP contribution in [0.15, 0.2) is 29.2 Å². The summed E-state index contributed by atoms with van der Waals surface area (Å²) >= 11 is 0. The minimum Gasteiger partial charge on any atom is -0.376 e. The summed E-state index contributed by atoms with van der Waals surface area (Å²) in [5.74, 6) is 0. The van der Waals surface area contributed by atoms with E-state index in [1.165, 1.54) is 6.26 Å². The van der Waals surface area contributed by atoms with Gasteiger partial charge in [0, 0.05) is 12.3 Å². The molecule has 2 rings (SSSR count). The van der Waals surface area contributed by atoms with E-state index in [0.29, 0.717) is 4.90 Å². The summed E-state index contributed by atoms with van der Waals surface area (Å²) in [4.78, 5) is 0.337. The van der Waals surface area contributed by atoms with Crippen molar-refractivity contribution in [2.45, 2.75) is 31.7 Å². The van der Waals surface area contributed by atoms with Crippen LogP contribution in [0.4, 0.5) is 5.69 Å². The SMILES string of the molecule is Cc1n[nH]c(C)c1NC(C)c1ccc(S(C)(=O)=O)cc1. The second kappa shape index (κ2) is 5.28. The van der Waals surface area contributed by atoms with E-state index in [4.69, 9.17) is 0 Å². The Kier molecular flexibility index (Phi) is 3.85. The number of aromatic amines is 1. The van der Waals surface area contributed by atoms with Gasteiger partial charge in [-0.2, -0.15) is 5.10 Å². The van der Waals surface area contributed by atoms with Crippen molar-refractivity contribution < 1.29 is 8.42 Å². The number of rotatable bonds is 4. The largest absolute Gasteiger partial charge is 0.376 e. The number of hydrogen-bond acceptors (Lipinski definition) is 4. The van der Waals surface area contributed by atoms with Gasteiger partial charge in [-0.25, -0.2) is 8.42 Å². The quantitative estimate of drug-likeness (QED) is 0.908. The van der Waals surface area contributed by atoms with Crippen LogP contribution in [0.2, 0.25) is 0 Å². The van der Waals surface area contributed by atoms with Gasteiger partial charge in [0.15, 0.2) is 9.84 Å². The number of nitrogens with one attached hydrogen (secondary N) is 2. The third-order valence-corrected chi connectivity index (χ3v) is 4.43. The van der Waals surface area contributed by atoms with Crippen LogP contribution in [-0.2, 0) is 9.84 Å². The minimum absolute atomic E-state index is 0.0682. The summed E-state index contributed by atoms with van der Waals surface area (Å²) in [7, 11) is -3.14. The second-order valence-corrected chi connectivity index (χ2v) is 7.03. The van der Waals surface area contributed by atoms with Gasteiger partial charge in [-0.1, -0.05) is 12.1 Å². The predicted molar refractivity (Wildman–Crippen MR) is 79.7 cm³/mol. The molecule has 0 saturated carbocycles. The van der Waals surface area contributed by atoms with Crippen molar-refractivity contribution in [1.29, 1.82) is 0 Å². The van der Waals surface area contributed by atoms with Crippen molar-refractivity contribution in [3.8, 4) is 0 Å². The predicted octanol–water partition coefficient (Wildman–Crippen LogP) is 2.60. The van der Waals surface area contributed by atoms with Gasteiger partial charge >= 0.3 is 0 Å². The van der Waals surface area contributed by atoms with E-state index in [-0.39, 0.29) is 6.04 Å². The van der Waals surface area contributed by atoms with Gasteiger partial charge in [-0.3, -0.25) is 5.10 Å². The Morgan fingerprint density at radius 1 is 1.20 bits per heavy atom. The van der Waals surface area contributed by atoms with Crippen molar-refractivity contribution in [1.82, 2.24) is 10.2 Å². The minimum atomic E-state index is -3.14. The van der Waals surface area contributed by atoms with Gasteiger partial charge in [0.05, 0.1) is 22.0 Å². The molecule has 1 aromatic carbocycles. The smallest absolute Gasteiger partial charge is 0.175 e. The van der Waals surface area contributed by atoms with Crippen molar-refractivity contribution in [3.63, 3.8) is 0 Å². The highest BCUT2D eigenvalue weighted by molar-refractivity contribution is 7.90. The lowest BCUT2D eigenvalue weighted by atomic mass is 10.1. The van der Waals surface area contributed by atoms with Gasteiger partial charge in [-0.05, 0) is 38.5 Å². The van der Waals surface area contributed by atoms with Gasteiger partial charge in [-0.15, -0.1) is 0 Å². The molecule has 0 saturated heterocycles. The second-order valence-electron chi connectivity index (χ2n) is 5.02. The Morgan fingerprint density at radius 3 is 2.25 bits per heavy atom. The van der Waals surface area contributed by atoms with E-state index in [1.54, 1.807) is 12.1 Å². The lowest BCUT2D eigenvalue weighted by molar-refractivity contribution is 0.602. The highest BCUT2D eigenvalue weighted by atomic mass is 32.2. The van der Waals surface area contributed by atoms with Crippen LogP contribution in [0, 0.1) is 13.8 Å². The average Bonchev–Trinajstić information content (AvgIpc) is 2.69. The summed E-state index contributed by atoms with van der Waals surface area (Å²) in [6.07, 6.45) is 1.21. The average molecular weight is 293 g/mol. The number of sulfone groups is 1. The fourth-order valence-corrected chi connectivity index (χ4v) is 2.70. The van der Waals surface area contributed by atoms with Gasteiger partial charge in [0.1, 0.15) is 0 Å². The lowest BCUT2D eigenvalue weighted by Gasteiger charge is -2.16. The van der Waals surface area contributed by atoms with Crippen molar-refractivity contribution in [2.75, 3.05) is 11.6 Å². The number of benzene rings is 1. The number of aryl methyl sites for hydroxylation is 2. The molecule has 0 fully saturated rings. The third kappa shape index (κ3) is 3.01. The molecule has 2 N–H and O–H groups in total. The first kappa shape index (κ1) is 14.6. The zero-order valence-electron chi connectivity index (χ0n) is 12.1. The normalized spacial score (nSPS) is 13.2. The molecular formula is C14H19N3O2S. The molecular weight excluding hydrogens is 274 g/mol. The van der Waals surface area contributed by atoms with E-state index in [2.05, 4.69) is 15.5 Å². The number of nitrogens with zero attached hydrogens (tertiary/aromatic N) is 1. The maximum atomic E-state index is 11.4. The zero-order valence-corrected chi connectivity index (χ0v) is 12.9. The molecule has 0 aliphatic rings. The summed E-state index contributed by atoms with van der Waals surface area (Å²) < 4.78 is 22.9. The molecule has 20 heavy (non-hydrogen) atoms.